The highest BCUT2D eigenvalue weighted by molar-refractivity contribution is 5.98. The molecule has 22 heavy (non-hydrogen) atoms. The van der Waals surface area contributed by atoms with E-state index in [2.05, 4.69) is 5.32 Å². The van der Waals surface area contributed by atoms with Crippen molar-refractivity contribution < 1.29 is 9.59 Å². The minimum absolute atomic E-state index is 0.0978. The third-order valence-electron chi connectivity index (χ3n) is 3.75. The molecule has 1 aliphatic heterocycles. The molecule has 1 aromatic rings. The monoisotopic (exact) mass is 305 g/mol. The van der Waals surface area contributed by atoms with Crippen molar-refractivity contribution in [3.05, 3.63) is 28.2 Å². The number of nitrogens with one attached hydrogen (secondary N) is 1. The van der Waals surface area contributed by atoms with Crippen LogP contribution in [-0.2, 0) is 11.8 Å². The number of hydrogen-bond donors (Lipinski definition) is 1. The maximum atomic E-state index is 12.4. The largest absolute Gasteiger partial charge is 0.339 e. The summed E-state index contributed by atoms with van der Waals surface area (Å²) < 4.78 is 1.33. The van der Waals surface area contributed by atoms with E-state index in [1.807, 2.05) is 0 Å². The van der Waals surface area contributed by atoms with E-state index in [4.69, 9.17) is 0 Å². The summed E-state index contributed by atoms with van der Waals surface area (Å²) in [5.74, 6) is -0.352. The Hall–Kier alpha value is -2.11. The minimum atomic E-state index is -0.611. The zero-order valence-electron chi connectivity index (χ0n) is 13.6. The molecular weight excluding hydrogens is 282 g/mol. The second-order valence-corrected chi connectivity index (χ2v) is 6.76. The SMILES string of the molecule is Cn1cc(C(=O)N2CCCC2)cc(NC(=O)C(C)(C)C)c1=O. The lowest BCUT2D eigenvalue weighted by atomic mass is 9.95. The molecule has 1 saturated heterocycles. The highest BCUT2D eigenvalue weighted by Gasteiger charge is 2.24. The van der Waals surface area contributed by atoms with Crippen molar-refractivity contribution in [1.29, 1.82) is 0 Å². The number of rotatable bonds is 2. The van der Waals surface area contributed by atoms with Crippen molar-refractivity contribution in [3.8, 4) is 0 Å². The van der Waals surface area contributed by atoms with Crippen molar-refractivity contribution >= 4 is 17.5 Å². The van der Waals surface area contributed by atoms with Crippen LogP contribution >= 0.6 is 0 Å². The number of carbonyl (C=O) groups is 2. The van der Waals surface area contributed by atoms with Gasteiger partial charge in [0.05, 0.1) is 5.56 Å². The Morgan fingerprint density at radius 2 is 1.77 bits per heavy atom. The van der Waals surface area contributed by atoms with Crippen LogP contribution in [0.15, 0.2) is 17.1 Å². The van der Waals surface area contributed by atoms with Crippen LogP contribution in [0.2, 0.25) is 0 Å². The van der Waals surface area contributed by atoms with E-state index < -0.39 is 5.41 Å². The first-order valence-corrected chi connectivity index (χ1v) is 7.51. The molecule has 6 heteroatoms. The lowest BCUT2D eigenvalue weighted by Crippen LogP contribution is -2.33. The van der Waals surface area contributed by atoms with E-state index in [0.717, 1.165) is 25.9 Å². The Balaban J connectivity index is 2.32. The summed E-state index contributed by atoms with van der Waals surface area (Å²) in [7, 11) is 1.58. The van der Waals surface area contributed by atoms with E-state index in [0.29, 0.717) is 5.56 Å². The van der Waals surface area contributed by atoms with E-state index in [1.54, 1.807) is 32.7 Å². The third kappa shape index (κ3) is 3.37. The van der Waals surface area contributed by atoms with Gasteiger partial charge in [0.2, 0.25) is 5.91 Å². The second kappa shape index (κ2) is 5.94. The van der Waals surface area contributed by atoms with Gasteiger partial charge >= 0.3 is 0 Å². The van der Waals surface area contributed by atoms with E-state index in [1.165, 1.54) is 16.8 Å². The van der Waals surface area contributed by atoms with Gasteiger partial charge in [-0.1, -0.05) is 20.8 Å². The molecule has 120 valence electrons. The first kappa shape index (κ1) is 16.3. The molecule has 1 aliphatic rings. The van der Waals surface area contributed by atoms with Crippen LogP contribution in [0.3, 0.4) is 0 Å². The molecule has 2 heterocycles. The fourth-order valence-electron chi connectivity index (χ4n) is 2.33. The van der Waals surface area contributed by atoms with Crippen molar-refractivity contribution in [1.82, 2.24) is 9.47 Å². The molecule has 0 bridgehead atoms. The maximum absolute atomic E-state index is 12.4. The Bertz CT molecular complexity index is 650. The van der Waals surface area contributed by atoms with Crippen LogP contribution in [0.4, 0.5) is 5.69 Å². The fraction of sp³-hybridized carbons (Fsp3) is 0.562. The van der Waals surface area contributed by atoms with Gasteiger partial charge in [0.1, 0.15) is 5.69 Å². The van der Waals surface area contributed by atoms with Crippen LogP contribution in [0.1, 0.15) is 44.0 Å². The number of carbonyl (C=O) groups excluding carboxylic acids is 2. The number of pyridine rings is 1. The van der Waals surface area contributed by atoms with Gasteiger partial charge in [-0.25, -0.2) is 0 Å². The molecule has 0 unspecified atom stereocenters. The lowest BCUT2D eigenvalue weighted by Gasteiger charge is -2.19. The fourth-order valence-corrected chi connectivity index (χ4v) is 2.33. The molecule has 2 amide bonds. The summed E-state index contributed by atoms with van der Waals surface area (Å²) in [5.41, 5.74) is -0.365. The molecular formula is C16H23N3O3. The molecule has 0 saturated carbocycles. The molecule has 1 fully saturated rings. The first-order valence-electron chi connectivity index (χ1n) is 7.51. The minimum Gasteiger partial charge on any atom is -0.339 e. The zero-order chi connectivity index (χ0) is 16.5. The Labute approximate surface area is 130 Å². The molecule has 0 aliphatic carbocycles. The van der Waals surface area contributed by atoms with Crippen molar-refractivity contribution in [3.63, 3.8) is 0 Å². The third-order valence-corrected chi connectivity index (χ3v) is 3.75. The van der Waals surface area contributed by atoms with Crippen LogP contribution < -0.4 is 10.9 Å². The first-order chi connectivity index (χ1) is 10.2. The number of nitrogens with zero attached hydrogens (tertiary/aromatic N) is 2. The Morgan fingerprint density at radius 1 is 1.18 bits per heavy atom. The molecule has 2 rings (SSSR count). The van der Waals surface area contributed by atoms with E-state index >= 15 is 0 Å². The molecule has 1 N–H and O–H groups in total. The van der Waals surface area contributed by atoms with Gasteiger partial charge in [-0.2, -0.15) is 0 Å². The number of amides is 2. The van der Waals surface area contributed by atoms with Gasteiger partial charge in [0.15, 0.2) is 0 Å². The van der Waals surface area contributed by atoms with Crippen molar-refractivity contribution in [2.75, 3.05) is 18.4 Å². The second-order valence-electron chi connectivity index (χ2n) is 6.76. The van der Waals surface area contributed by atoms with Gasteiger partial charge in [-0.05, 0) is 18.9 Å². The molecule has 0 aromatic carbocycles. The normalized spacial score (nSPS) is 15.0. The summed E-state index contributed by atoms with van der Waals surface area (Å²) in [6.45, 7) is 6.79. The summed E-state index contributed by atoms with van der Waals surface area (Å²) in [6, 6.07) is 1.48. The topological polar surface area (TPSA) is 71.4 Å². The van der Waals surface area contributed by atoms with E-state index in [9.17, 15) is 14.4 Å². The summed E-state index contributed by atoms with van der Waals surface area (Å²) in [5, 5.41) is 2.63. The summed E-state index contributed by atoms with van der Waals surface area (Å²) in [4.78, 5) is 38.4. The lowest BCUT2D eigenvalue weighted by molar-refractivity contribution is -0.123. The highest BCUT2D eigenvalue weighted by atomic mass is 16.2. The van der Waals surface area contributed by atoms with Crippen LogP contribution in [-0.4, -0.2) is 34.4 Å². The van der Waals surface area contributed by atoms with Gasteiger partial charge in [-0.3, -0.25) is 14.4 Å². The average molecular weight is 305 g/mol. The summed E-state index contributed by atoms with van der Waals surface area (Å²) in [6.07, 6.45) is 3.53. The van der Waals surface area contributed by atoms with Gasteiger partial charge in [-0.15, -0.1) is 0 Å². The molecule has 1 aromatic heterocycles. The number of anilines is 1. The van der Waals surface area contributed by atoms with Crippen LogP contribution in [0, 0.1) is 5.41 Å². The van der Waals surface area contributed by atoms with Crippen LogP contribution in [0.5, 0.6) is 0 Å². The maximum Gasteiger partial charge on any atom is 0.274 e. The Kier molecular flexibility index (Phi) is 4.39. The smallest absolute Gasteiger partial charge is 0.274 e. The Morgan fingerprint density at radius 3 is 2.32 bits per heavy atom. The predicted molar refractivity (Wildman–Crippen MR) is 84.9 cm³/mol. The quantitative estimate of drug-likeness (QED) is 0.902. The number of hydrogen-bond acceptors (Lipinski definition) is 3. The van der Waals surface area contributed by atoms with Gasteiger partial charge in [0, 0.05) is 31.7 Å². The van der Waals surface area contributed by atoms with E-state index in [-0.39, 0.29) is 23.1 Å². The standard InChI is InChI=1S/C16H23N3O3/c1-16(2,3)15(22)17-12-9-11(10-18(4)14(12)21)13(20)19-7-5-6-8-19/h9-10H,5-8H2,1-4H3,(H,17,22). The number of aromatic nitrogens is 1. The van der Waals surface area contributed by atoms with Gasteiger partial charge in [0.25, 0.3) is 11.5 Å². The van der Waals surface area contributed by atoms with Gasteiger partial charge < -0.3 is 14.8 Å². The molecule has 0 atom stereocenters. The highest BCUT2D eigenvalue weighted by Crippen LogP contribution is 2.17. The van der Waals surface area contributed by atoms with Crippen molar-refractivity contribution in [2.45, 2.75) is 33.6 Å². The summed E-state index contributed by atoms with van der Waals surface area (Å²) >= 11 is 0. The number of aryl methyl sites for hydroxylation is 1. The zero-order valence-corrected chi connectivity index (χ0v) is 13.6. The molecule has 0 radical (unpaired) electrons. The number of likely N-dealkylation sites (tertiary alicyclic amines) is 1. The molecule has 6 nitrogen and oxygen atoms in total. The van der Waals surface area contributed by atoms with Crippen molar-refractivity contribution in [2.24, 2.45) is 12.5 Å². The average Bonchev–Trinajstić information content (AvgIpc) is 2.95. The predicted octanol–water partition coefficient (Wildman–Crippen LogP) is 1.61. The molecule has 0 spiro atoms. The van der Waals surface area contributed by atoms with Crippen LogP contribution in [0.25, 0.3) is 0 Å².